The first-order valence-electron chi connectivity index (χ1n) is 6.51. The van der Waals surface area contributed by atoms with E-state index in [0.29, 0.717) is 13.1 Å². The zero-order valence-corrected chi connectivity index (χ0v) is 12.8. The van der Waals surface area contributed by atoms with Crippen LogP contribution in [0.5, 0.6) is 0 Å². The van der Waals surface area contributed by atoms with Crippen LogP contribution in [0, 0.1) is 0 Å². The van der Waals surface area contributed by atoms with Crippen LogP contribution < -0.4 is 5.32 Å². The van der Waals surface area contributed by atoms with Gasteiger partial charge in [-0.2, -0.15) is 0 Å². The van der Waals surface area contributed by atoms with Crippen molar-refractivity contribution in [2.45, 2.75) is 32.4 Å². The van der Waals surface area contributed by atoms with E-state index in [4.69, 9.17) is 16.3 Å². The second-order valence-electron chi connectivity index (χ2n) is 5.78. The molecule has 0 aromatic carbocycles. The molecule has 0 bridgehead atoms. The molecule has 0 spiro atoms. The Kier molecular flexibility index (Phi) is 4.32. The highest BCUT2D eigenvalue weighted by atomic mass is 35.5. The molecule has 0 unspecified atom stereocenters. The highest BCUT2D eigenvalue weighted by molar-refractivity contribution is 6.29. The minimum atomic E-state index is -0.542. The summed E-state index contributed by atoms with van der Waals surface area (Å²) in [5, 5.41) is 2.87. The number of nitrogens with zero attached hydrogens (tertiary/aromatic N) is 3. The number of alkyl carbamates (subject to hydrolysis) is 1. The number of halogens is 1. The number of rotatable bonds is 2. The summed E-state index contributed by atoms with van der Waals surface area (Å²) in [6.45, 7) is 6.20. The maximum atomic E-state index is 12.1. The van der Waals surface area contributed by atoms with Gasteiger partial charge in [0.25, 0.3) is 5.91 Å². The second kappa shape index (κ2) is 5.85. The summed E-state index contributed by atoms with van der Waals surface area (Å²) >= 11 is 5.70. The van der Waals surface area contributed by atoms with Crippen molar-refractivity contribution in [3.63, 3.8) is 0 Å². The predicted octanol–water partition coefficient (Wildman–Crippen LogP) is 1.48. The van der Waals surface area contributed by atoms with Gasteiger partial charge in [0.05, 0.1) is 18.4 Å². The molecule has 1 saturated heterocycles. The Morgan fingerprint density at radius 3 is 2.62 bits per heavy atom. The fourth-order valence-electron chi connectivity index (χ4n) is 1.82. The van der Waals surface area contributed by atoms with E-state index in [-0.39, 0.29) is 22.8 Å². The van der Waals surface area contributed by atoms with Crippen LogP contribution in [0.2, 0.25) is 5.15 Å². The van der Waals surface area contributed by atoms with Crippen molar-refractivity contribution >= 4 is 23.6 Å². The van der Waals surface area contributed by atoms with Crippen LogP contribution >= 0.6 is 11.6 Å². The van der Waals surface area contributed by atoms with Gasteiger partial charge >= 0.3 is 6.09 Å². The summed E-state index contributed by atoms with van der Waals surface area (Å²) in [4.78, 5) is 32.9. The quantitative estimate of drug-likeness (QED) is 0.894. The minimum Gasteiger partial charge on any atom is -0.444 e. The van der Waals surface area contributed by atoms with Gasteiger partial charge in [0.1, 0.15) is 16.4 Å². The van der Waals surface area contributed by atoms with Crippen molar-refractivity contribution in [1.82, 2.24) is 20.2 Å². The Morgan fingerprint density at radius 1 is 1.38 bits per heavy atom. The maximum Gasteiger partial charge on any atom is 0.407 e. The molecular formula is C13H17ClN4O3. The van der Waals surface area contributed by atoms with Gasteiger partial charge in [-0.1, -0.05) is 11.6 Å². The van der Waals surface area contributed by atoms with Crippen LogP contribution in [0.4, 0.5) is 4.79 Å². The van der Waals surface area contributed by atoms with Crippen LogP contribution in [0.3, 0.4) is 0 Å². The lowest BCUT2D eigenvalue weighted by Gasteiger charge is -2.39. The van der Waals surface area contributed by atoms with Gasteiger partial charge < -0.3 is 15.0 Å². The van der Waals surface area contributed by atoms with Crippen molar-refractivity contribution < 1.29 is 14.3 Å². The number of ether oxygens (including phenoxy) is 1. The lowest BCUT2D eigenvalue weighted by molar-refractivity contribution is 0.0357. The zero-order valence-electron chi connectivity index (χ0n) is 12.1. The van der Waals surface area contributed by atoms with Crippen LogP contribution in [0.1, 0.15) is 31.3 Å². The molecule has 114 valence electrons. The van der Waals surface area contributed by atoms with E-state index in [9.17, 15) is 9.59 Å². The number of carbonyl (C=O) groups is 2. The fourth-order valence-corrected chi connectivity index (χ4v) is 1.96. The van der Waals surface area contributed by atoms with E-state index in [1.165, 1.54) is 12.4 Å². The molecule has 21 heavy (non-hydrogen) atoms. The van der Waals surface area contributed by atoms with Gasteiger partial charge in [-0.15, -0.1) is 0 Å². The molecule has 0 atom stereocenters. The molecule has 2 heterocycles. The van der Waals surface area contributed by atoms with Gasteiger partial charge in [0.15, 0.2) is 0 Å². The molecule has 1 aliphatic heterocycles. The number of hydrogen-bond acceptors (Lipinski definition) is 5. The van der Waals surface area contributed by atoms with Crippen molar-refractivity contribution in [3.05, 3.63) is 23.2 Å². The van der Waals surface area contributed by atoms with Crippen molar-refractivity contribution in [3.8, 4) is 0 Å². The van der Waals surface area contributed by atoms with Gasteiger partial charge in [0, 0.05) is 13.1 Å². The minimum absolute atomic E-state index is 0.115. The summed E-state index contributed by atoms with van der Waals surface area (Å²) in [5.74, 6) is -0.257. The largest absolute Gasteiger partial charge is 0.444 e. The molecule has 0 radical (unpaired) electrons. The highest BCUT2D eigenvalue weighted by Gasteiger charge is 2.34. The summed E-state index contributed by atoms with van der Waals surface area (Å²) < 4.78 is 5.15. The monoisotopic (exact) mass is 312 g/mol. The number of amides is 2. The summed E-state index contributed by atoms with van der Waals surface area (Å²) in [6, 6.07) is -0.115. The topological polar surface area (TPSA) is 84.4 Å². The van der Waals surface area contributed by atoms with Crippen molar-refractivity contribution in [2.24, 2.45) is 0 Å². The Bertz CT molecular complexity index is 553. The highest BCUT2D eigenvalue weighted by Crippen LogP contribution is 2.14. The van der Waals surface area contributed by atoms with Crippen LogP contribution in [-0.4, -0.2) is 51.6 Å². The normalized spacial score (nSPS) is 15.3. The van der Waals surface area contributed by atoms with Crippen LogP contribution in [0.25, 0.3) is 0 Å². The van der Waals surface area contributed by atoms with E-state index in [2.05, 4.69) is 15.3 Å². The van der Waals surface area contributed by atoms with E-state index in [1.54, 1.807) is 25.7 Å². The third kappa shape index (κ3) is 4.29. The second-order valence-corrected chi connectivity index (χ2v) is 6.17. The summed E-state index contributed by atoms with van der Waals surface area (Å²) in [5.41, 5.74) is -0.349. The molecule has 7 nitrogen and oxygen atoms in total. The number of nitrogens with one attached hydrogen (secondary N) is 1. The van der Waals surface area contributed by atoms with E-state index in [0.717, 1.165) is 0 Å². The number of hydrogen-bond donors (Lipinski definition) is 1. The zero-order chi connectivity index (χ0) is 15.6. The van der Waals surface area contributed by atoms with Gasteiger partial charge in [-0.3, -0.25) is 9.78 Å². The first kappa shape index (κ1) is 15.5. The van der Waals surface area contributed by atoms with Crippen LogP contribution in [-0.2, 0) is 4.74 Å². The van der Waals surface area contributed by atoms with Gasteiger partial charge in [-0.05, 0) is 20.8 Å². The molecule has 0 saturated carbocycles. The average Bonchev–Trinajstić information content (AvgIpc) is 2.30. The number of likely N-dealkylation sites (tertiary alicyclic amines) is 1. The van der Waals surface area contributed by atoms with Gasteiger partial charge in [0.2, 0.25) is 0 Å². The third-order valence-corrected chi connectivity index (χ3v) is 2.90. The maximum absolute atomic E-state index is 12.1. The fraction of sp³-hybridized carbons (Fsp3) is 0.538. The van der Waals surface area contributed by atoms with Crippen LogP contribution in [0.15, 0.2) is 12.4 Å². The molecule has 2 amide bonds. The molecule has 1 aromatic rings. The Morgan fingerprint density at radius 2 is 2.05 bits per heavy atom. The molecule has 2 rings (SSSR count). The molecule has 1 aromatic heterocycles. The van der Waals surface area contributed by atoms with Gasteiger partial charge in [-0.25, -0.2) is 9.78 Å². The molecule has 0 aliphatic carbocycles. The lowest BCUT2D eigenvalue weighted by atomic mass is 10.1. The predicted molar refractivity (Wildman–Crippen MR) is 76.1 cm³/mol. The number of carbonyl (C=O) groups excluding carboxylic acids is 2. The van der Waals surface area contributed by atoms with E-state index < -0.39 is 11.7 Å². The number of aromatic nitrogens is 2. The standard InChI is InChI=1S/C13H17ClN4O3/c1-13(2,3)21-12(20)16-8-6-18(7-8)11(19)9-4-15-5-10(14)17-9/h4-5,8H,6-7H2,1-3H3,(H,16,20). The van der Waals surface area contributed by atoms with E-state index in [1.807, 2.05) is 0 Å². The third-order valence-electron chi connectivity index (χ3n) is 2.71. The lowest BCUT2D eigenvalue weighted by Crippen LogP contribution is -2.61. The van der Waals surface area contributed by atoms with E-state index >= 15 is 0 Å². The summed E-state index contributed by atoms with van der Waals surface area (Å²) in [7, 11) is 0. The Hall–Kier alpha value is -1.89. The van der Waals surface area contributed by atoms with Crippen molar-refractivity contribution in [1.29, 1.82) is 0 Å². The Labute approximate surface area is 127 Å². The molecule has 1 fully saturated rings. The summed E-state index contributed by atoms with van der Waals surface area (Å²) in [6.07, 6.45) is 2.24. The molecular weight excluding hydrogens is 296 g/mol. The molecule has 1 aliphatic rings. The first-order chi connectivity index (χ1) is 9.74. The SMILES string of the molecule is CC(C)(C)OC(=O)NC1CN(C(=O)c2cncc(Cl)n2)C1. The first-order valence-corrected chi connectivity index (χ1v) is 6.89. The smallest absolute Gasteiger partial charge is 0.407 e. The van der Waals surface area contributed by atoms with Crippen molar-refractivity contribution in [2.75, 3.05) is 13.1 Å². The molecule has 1 N–H and O–H groups in total. The molecule has 8 heteroatoms. The Balaban J connectivity index is 1.81. The average molecular weight is 313 g/mol.